The number of fused-ring (bicyclic) bond motifs is 4. The molecule has 1 aliphatic heterocycles. The second-order valence-electron chi connectivity index (χ2n) is 11.3. The predicted molar refractivity (Wildman–Crippen MR) is 142 cm³/mol. The van der Waals surface area contributed by atoms with Crippen LogP contribution in [-0.2, 0) is 27.6 Å². The lowest BCUT2D eigenvalue weighted by atomic mass is 9.67. The Morgan fingerprint density at radius 2 is 1.64 bits per heavy atom. The van der Waals surface area contributed by atoms with E-state index in [0.29, 0.717) is 13.3 Å². The van der Waals surface area contributed by atoms with E-state index in [1.54, 1.807) is 0 Å². The highest BCUT2D eigenvalue weighted by molar-refractivity contribution is 6.76. The van der Waals surface area contributed by atoms with E-state index in [1.165, 1.54) is 4.90 Å². The van der Waals surface area contributed by atoms with Gasteiger partial charge in [0.15, 0.2) is 0 Å². The number of carbonyl (C=O) groups is 2. The lowest BCUT2D eigenvalue weighted by Crippen LogP contribution is -2.34. The van der Waals surface area contributed by atoms with E-state index in [0.717, 1.165) is 33.8 Å². The van der Waals surface area contributed by atoms with Crippen molar-refractivity contribution in [2.75, 3.05) is 6.61 Å². The first-order chi connectivity index (χ1) is 17.2. The molecule has 3 aromatic rings. The highest BCUT2D eigenvalue weighted by atomic mass is 28.3. The summed E-state index contributed by atoms with van der Waals surface area (Å²) in [4.78, 5) is 28.7. The van der Waals surface area contributed by atoms with Crippen molar-refractivity contribution in [3.8, 4) is 6.07 Å². The lowest BCUT2D eigenvalue weighted by molar-refractivity contribution is -0.140. The molecule has 0 N–H and O–H groups in total. The number of hydrogen-bond donors (Lipinski definition) is 0. The average molecular weight is 500 g/mol. The van der Waals surface area contributed by atoms with Crippen LogP contribution in [0.1, 0.15) is 35.6 Å². The van der Waals surface area contributed by atoms with Crippen molar-refractivity contribution in [1.82, 2.24) is 9.47 Å². The zero-order chi connectivity index (χ0) is 25.6. The van der Waals surface area contributed by atoms with Crippen LogP contribution in [0.3, 0.4) is 0 Å². The van der Waals surface area contributed by atoms with Crippen LogP contribution in [-0.4, -0.2) is 36.0 Å². The Morgan fingerprint density at radius 1 is 0.972 bits per heavy atom. The van der Waals surface area contributed by atoms with Crippen LogP contribution >= 0.6 is 0 Å². The minimum atomic E-state index is -1.23. The Labute approximate surface area is 213 Å². The largest absolute Gasteiger partial charge is 0.361 e. The summed E-state index contributed by atoms with van der Waals surface area (Å²) in [6.07, 6.45) is 0. The summed E-state index contributed by atoms with van der Waals surface area (Å²) in [5, 5.41) is 11.3. The van der Waals surface area contributed by atoms with Gasteiger partial charge in [-0.15, -0.1) is 0 Å². The molecule has 4 atom stereocenters. The van der Waals surface area contributed by atoms with Gasteiger partial charge in [-0.25, -0.2) is 0 Å². The number of rotatable bonds is 7. The smallest absolute Gasteiger partial charge is 0.235 e. The number of likely N-dealkylation sites (tertiary alicyclic amines) is 1. The first kappa shape index (κ1) is 24.5. The Hall–Kier alpha value is -3.21. The number of amides is 2. The fourth-order valence-electron chi connectivity index (χ4n) is 5.91. The molecular weight excluding hydrogens is 466 g/mol. The van der Waals surface area contributed by atoms with Gasteiger partial charge in [-0.2, -0.15) is 5.26 Å². The molecule has 0 radical (unpaired) electrons. The van der Waals surface area contributed by atoms with Gasteiger partial charge in [-0.3, -0.25) is 14.5 Å². The summed E-state index contributed by atoms with van der Waals surface area (Å²) in [6, 6.07) is 21.1. The standard InChI is InChI=1S/C29H33N3O3Si/c1-19-24-26(29(34)31(28(24)33)17-20-10-6-5-7-11-20)22(16-30)25-21-12-8-9-13-23(21)32(27(19)25)18-35-14-15-36(2,3)4/h5-13,19,22,24,26H,14-15,17-18H2,1-4H3/t19-,22+,24-,26+/m1/s1. The quantitative estimate of drug-likeness (QED) is 0.245. The number of imide groups is 1. The van der Waals surface area contributed by atoms with Gasteiger partial charge in [0.2, 0.25) is 11.8 Å². The highest BCUT2D eigenvalue weighted by Gasteiger charge is 2.58. The topological polar surface area (TPSA) is 75.3 Å². The molecule has 186 valence electrons. The molecule has 0 spiro atoms. The highest BCUT2D eigenvalue weighted by Crippen LogP contribution is 2.53. The maximum absolute atomic E-state index is 13.7. The Bertz CT molecular complexity index is 1350. The zero-order valence-corrected chi connectivity index (χ0v) is 22.4. The molecular formula is C29H33N3O3Si. The van der Waals surface area contributed by atoms with Gasteiger partial charge in [-0.1, -0.05) is 75.1 Å². The Kier molecular flexibility index (Phi) is 6.35. The van der Waals surface area contributed by atoms with Gasteiger partial charge in [-0.05, 0) is 23.2 Å². The SMILES string of the molecule is C[C@H]1c2c(c3ccccc3n2COCC[Si](C)(C)C)[C@H](C#N)[C@@H]2C(=O)N(Cc3ccccc3)C(=O)[C@@H]21. The molecule has 0 saturated carbocycles. The molecule has 2 aromatic carbocycles. The second kappa shape index (κ2) is 9.34. The average Bonchev–Trinajstić information content (AvgIpc) is 3.31. The van der Waals surface area contributed by atoms with E-state index in [4.69, 9.17) is 4.74 Å². The van der Waals surface area contributed by atoms with E-state index in [-0.39, 0.29) is 24.3 Å². The van der Waals surface area contributed by atoms with Crippen LogP contribution in [0.25, 0.3) is 10.9 Å². The number of nitrogens with zero attached hydrogens (tertiary/aromatic N) is 3. The Balaban J connectivity index is 1.55. The molecule has 1 fully saturated rings. The third-order valence-electron chi connectivity index (χ3n) is 7.72. The molecule has 1 aromatic heterocycles. The third-order valence-corrected chi connectivity index (χ3v) is 9.42. The number of carbonyl (C=O) groups excluding carboxylic acids is 2. The predicted octanol–water partition coefficient (Wildman–Crippen LogP) is 5.48. The van der Waals surface area contributed by atoms with E-state index >= 15 is 0 Å². The van der Waals surface area contributed by atoms with E-state index in [2.05, 4.69) is 30.3 Å². The minimum Gasteiger partial charge on any atom is -0.361 e. The molecule has 2 amide bonds. The normalized spacial score (nSPS) is 23.6. The summed E-state index contributed by atoms with van der Waals surface area (Å²) < 4.78 is 8.29. The van der Waals surface area contributed by atoms with Crippen LogP contribution < -0.4 is 0 Å². The minimum absolute atomic E-state index is 0.177. The first-order valence-corrected chi connectivity index (χ1v) is 16.4. The van der Waals surface area contributed by atoms with Crippen molar-refractivity contribution in [2.45, 2.75) is 57.7 Å². The molecule has 0 bridgehead atoms. The van der Waals surface area contributed by atoms with Gasteiger partial charge < -0.3 is 9.30 Å². The van der Waals surface area contributed by atoms with Gasteiger partial charge in [0.1, 0.15) is 6.73 Å². The Morgan fingerprint density at radius 3 is 2.33 bits per heavy atom. The van der Waals surface area contributed by atoms with Crippen molar-refractivity contribution < 1.29 is 14.3 Å². The number of hydrogen-bond acceptors (Lipinski definition) is 4. The van der Waals surface area contributed by atoms with Crippen molar-refractivity contribution >= 4 is 30.8 Å². The number of nitriles is 1. The van der Waals surface area contributed by atoms with E-state index < -0.39 is 25.8 Å². The van der Waals surface area contributed by atoms with Crippen molar-refractivity contribution in [3.05, 3.63) is 71.4 Å². The molecule has 36 heavy (non-hydrogen) atoms. The van der Waals surface area contributed by atoms with Gasteiger partial charge in [0, 0.05) is 31.7 Å². The van der Waals surface area contributed by atoms with E-state index in [9.17, 15) is 14.9 Å². The summed E-state index contributed by atoms with van der Waals surface area (Å²) in [6.45, 7) is 10.3. The van der Waals surface area contributed by atoms with Gasteiger partial charge in [0.25, 0.3) is 0 Å². The number of aromatic nitrogens is 1. The van der Waals surface area contributed by atoms with Crippen LogP contribution in [0.2, 0.25) is 25.7 Å². The maximum atomic E-state index is 13.7. The fraction of sp³-hybridized carbons (Fsp3) is 0.414. The molecule has 1 aliphatic carbocycles. The first-order valence-electron chi connectivity index (χ1n) is 12.7. The lowest BCUT2D eigenvalue weighted by Gasteiger charge is -2.33. The van der Waals surface area contributed by atoms with Crippen LogP contribution in [0, 0.1) is 23.2 Å². The summed E-state index contributed by atoms with van der Waals surface area (Å²) in [5.41, 5.74) is 3.74. The summed E-state index contributed by atoms with van der Waals surface area (Å²) in [7, 11) is -1.23. The number of ether oxygens (including phenoxy) is 1. The molecule has 6 nitrogen and oxygen atoms in total. The molecule has 2 heterocycles. The third kappa shape index (κ3) is 4.08. The van der Waals surface area contributed by atoms with Crippen molar-refractivity contribution in [1.29, 1.82) is 5.26 Å². The monoisotopic (exact) mass is 499 g/mol. The maximum Gasteiger partial charge on any atom is 0.235 e. The zero-order valence-electron chi connectivity index (χ0n) is 21.4. The summed E-state index contributed by atoms with van der Waals surface area (Å²) >= 11 is 0. The summed E-state index contributed by atoms with van der Waals surface area (Å²) in [5.74, 6) is -2.51. The van der Waals surface area contributed by atoms with Crippen molar-refractivity contribution in [3.63, 3.8) is 0 Å². The molecule has 7 heteroatoms. The molecule has 1 saturated heterocycles. The van der Waals surface area contributed by atoms with Crippen molar-refractivity contribution in [2.24, 2.45) is 11.8 Å². The molecule has 0 unspecified atom stereocenters. The molecule has 2 aliphatic rings. The van der Waals surface area contributed by atoms with E-state index in [1.807, 2.05) is 61.5 Å². The fourth-order valence-corrected chi connectivity index (χ4v) is 6.66. The second-order valence-corrected chi connectivity index (χ2v) is 16.9. The van der Waals surface area contributed by atoms with Gasteiger partial charge >= 0.3 is 0 Å². The number of benzene rings is 2. The number of para-hydroxylation sites is 1. The van der Waals surface area contributed by atoms with Crippen LogP contribution in [0.5, 0.6) is 0 Å². The van der Waals surface area contributed by atoms with Gasteiger partial charge in [0.05, 0.1) is 35.9 Å². The van der Waals surface area contributed by atoms with Crippen LogP contribution in [0.4, 0.5) is 0 Å². The molecule has 5 rings (SSSR count). The van der Waals surface area contributed by atoms with Crippen LogP contribution in [0.15, 0.2) is 54.6 Å².